The van der Waals surface area contributed by atoms with Gasteiger partial charge in [0, 0.05) is 39.1 Å². The standard InChI is InChI=1S/C17H31N3O4/c1-4-19(5-2)16(22)14-9-8-12-20(13-14)17(23)18-11-7-10-15(21)24-6-3/h14H,4-13H2,1-3H3,(H,18,23). The molecule has 1 heterocycles. The molecule has 0 aromatic carbocycles. The highest BCUT2D eigenvalue weighted by molar-refractivity contribution is 5.81. The van der Waals surface area contributed by atoms with E-state index in [2.05, 4.69) is 5.32 Å². The Kier molecular flexibility index (Phi) is 9.19. The zero-order valence-electron chi connectivity index (χ0n) is 15.2. The van der Waals surface area contributed by atoms with E-state index in [9.17, 15) is 14.4 Å². The minimum absolute atomic E-state index is 0.107. The van der Waals surface area contributed by atoms with Crippen molar-refractivity contribution in [3.05, 3.63) is 0 Å². The van der Waals surface area contributed by atoms with Crippen molar-refractivity contribution in [3.63, 3.8) is 0 Å². The number of urea groups is 1. The lowest BCUT2D eigenvalue weighted by molar-refractivity contribution is -0.143. The largest absolute Gasteiger partial charge is 0.466 e. The fourth-order valence-corrected chi connectivity index (χ4v) is 2.93. The number of amides is 3. The van der Waals surface area contributed by atoms with Crippen molar-refractivity contribution in [2.75, 3.05) is 39.3 Å². The molecule has 1 aliphatic heterocycles. The number of nitrogens with one attached hydrogen (secondary N) is 1. The van der Waals surface area contributed by atoms with E-state index in [1.165, 1.54) is 0 Å². The van der Waals surface area contributed by atoms with Gasteiger partial charge in [-0.2, -0.15) is 0 Å². The first kappa shape index (κ1) is 20.3. The van der Waals surface area contributed by atoms with Crippen LogP contribution in [0.15, 0.2) is 0 Å². The van der Waals surface area contributed by atoms with Crippen LogP contribution in [0.5, 0.6) is 0 Å². The normalized spacial score (nSPS) is 17.3. The van der Waals surface area contributed by atoms with Gasteiger partial charge in [-0.05, 0) is 40.0 Å². The summed E-state index contributed by atoms with van der Waals surface area (Å²) < 4.78 is 4.85. The van der Waals surface area contributed by atoms with Gasteiger partial charge in [-0.25, -0.2) is 4.79 Å². The third-order valence-corrected chi connectivity index (χ3v) is 4.27. The van der Waals surface area contributed by atoms with E-state index in [0.29, 0.717) is 52.2 Å². The van der Waals surface area contributed by atoms with E-state index in [0.717, 1.165) is 12.8 Å². The molecule has 1 rings (SSSR count). The zero-order chi connectivity index (χ0) is 17.9. The number of carbonyl (C=O) groups excluding carboxylic acids is 3. The average Bonchev–Trinajstić information content (AvgIpc) is 2.60. The summed E-state index contributed by atoms with van der Waals surface area (Å²) in [5, 5.41) is 2.82. The van der Waals surface area contributed by atoms with Gasteiger partial charge in [0.05, 0.1) is 12.5 Å². The minimum Gasteiger partial charge on any atom is -0.466 e. The molecule has 0 bridgehead atoms. The van der Waals surface area contributed by atoms with Crippen molar-refractivity contribution >= 4 is 17.9 Å². The Morgan fingerprint density at radius 1 is 1.21 bits per heavy atom. The van der Waals surface area contributed by atoms with Crippen LogP contribution in [0.2, 0.25) is 0 Å². The Morgan fingerprint density at radius 2 is 1.92 bits per heavy atom. The molecule has 1 atom stereocenters. The topological polar surface area (TPSA) is 79.0 Å². The Morgan fingerprint density at radius 3 is 2.54 bits per heavy atom. The van der Waals surface area contributed by atoms with Crippen LogP contribution in [0.3, 0.4) is 0 Å². The van der Waals surface area contributed by atoms with Crippen LogP contribution < -0.4 is 5.32 Å². The molecule has 1 aliphatic rings. The second kappa shape index (κ2) is 10.9. The molecule has 0 aliphatic carbocycles. The number of likely N-dealkylation sites (tertiary alicyclic amines) is 1. The predicted molar refractivity (Wildman–Crippen MR) is 91.5 cm³/mol. The highest BCUT2D eigenvalue weighted by Crippen LogP contribution is 2.19. The Balaban J connectivity index is 2.37. The summed E-state index contributed by atoms with van der Waals surface area (Å²) in [4.78, 5) is 39.4. The molecule has 24 heavy (non-hydrogen) atoms. The summed E-state index contributed by atoms with van der Waals surface area (Å²) in [6.45, 7) is 9.06. The maximum atomic E-state index is 12.4. The minimum atomic E-state index is -0.241. The lowest BCUT2D eigenvalue weighted by atomic mass is 9.96. The molecule has 3 amide bonds. The summed E-state index contributed by atoms with van der Waals surface area (Å²) in [5.74, 6) is -0.210. The highest BCUT2D eigenvalue weighted by atomic mass is 16.5. The van der Waals surface area contributed by atoms with Gasteiger partial charge in [-0.15, -0.1) is 0 Å². The molecule has 7 nitrogen and oxygen atoms in total. The second-order valence-electron chi connectivity index (χ2n) is 5.94. The van der Waals surface area contributed by atoms with Crippen LogP contribution in [0.4, 0.5) is 4.79 Å². The summed E-state index contributed by atoms with van der Waals surface area (Å²) in [7, 11) is 0. The van der Waals surface area contributed by atoms with E-state index < -0.39 is 0 Å². The summed E-state index contributed by atoms with van der Waals surface area (Å²) >= 11 is 0. The van der Waals surface area contributed by atoms with E-state index in [1.54, 1.807) is 11.8 Å². The quantitative estimate of drug-likeness (QED) is 0.537. The maximum Gasteiger partial charge on any atom is 0.317 e. The van der Waals surface area contributed by atoms with Crippen molar-refractivity contribution < 1.29 is 19.1 Å². The van der Waals surface area contributed by atoms with Crippen LogP contribution >= 0.6 is 0 Å². The van der Waals surface area contributed by atoms with Crippen LogP contribution in [-0.4, -0.2) is 67.0 Å². The molecule has 0 spiro atoms. The molecule has 1 N–H and O–H groups in total. The first-order valence-corrected chi connectivity index (χ1v) is 9.00. The Hall–Kier alpha value is -1.79. The Bertz CT molecular complexity index is 424. The number of carbonyl (C=O) groups is 3. The van der Waals surface area contributed by atoms with Gasteiger partial charge in [-0.1, -0.05) is 0 Å². The maximum absolute atomic E-state index is 12.4. The third kappa shape index (κ3) is 6.37. The van der Waals surface area contributed by atoms with Gasteiger partial charge in [0.2, 0.25) is 5.91 Å². The molecular weight excluding hydrogens is 310 g/mol. The van der Waals surface area contributed by atoms with E-state index in [1.807, 2.05) is 18.7 Å². The van der Waals surface area contributed by atoms with Crippen molar-refractivity contribution in [3.8, 4) is 0 Å². The van der Waals surface area contributed by atoms with Gasteiger partial charge < -0.3 is 19.9 Å². The van der Waals surface area contributed by atoms with Crippen molar-refractivity contribution in [1.29, 1.82) is 0 Å². The lowest BCUT2D eigenvalue weighted by Crippen LogP contribution is -2.49. The lowest BCUT2D eigenvalue weighted by Gasteiger charge is -2.34. The van der Waals surface area contributed by atoms with Crippen LogP contribution in [0, 0.1) is 5.92 Å². The zero-order valence-corrected chi connectivity index (χ0v) is 15.2. The average molecular weight is 341 g/mol. The van der Waals surface area contributed by atoms with E-state index in [-0.39, 0.29) is 23.8 Å². The third-order valence-electron chi connectivity index (χ3n) is 4.27. The molecule has 0 radical (unpaired) electrons. The molecule has 1 saturated heterocycles. The van der Waals surface area contributed by atoms with Crippen molar-refractivity contribution in [2.45, 2.75) is 46.5 Å². The molecule has 138 valence electrons. The first-order valence-electron chi connectivity index (χ1n) is 9.00. The smallest absolute Gasteiger partial charge is 0.317 e. The highest BCUT2D eigenvalue weighted by Gasteiger charge is 2.30. The number of rotatable bonds is 8. The number of nitrogens with zero attached hydrogens (tertiary/aromatic N) is 2. The SMILES string of the molecule is CCOC(=O)CCCNC(=O)N1CCCC(C(=O)N(CC)CC)C1. The molecule has 0 aromatic rings. The molecule has 7 heteroatoms. The summed E-state index contributed by atoms with van der Waals surface area (Å²) in [6, 6.07) is -0.157. The van der Waals surface area contributed by atoms with Gasteiger partial charge in [0.25, 0.3) is 0 Å². The monoisotopic (exact) mass is 341 g/mol. The molecular formula is C17H31N3O4. The first-order chi connectivity index (χ1) is 11.5. The molecule has 1 fully saturated rings. The number of hydrogen-bond acceptors (Lipinski definition) is 4. The molecule has 1 unspecified atom stereocenters. The van der Waals surface area contributed by atoms with Crippen LogP contribution in [-0.2, 0) is 14.3 Å². The fraction of sp³-hybridized carbons (Fsp3) is 0.824. The molecule has 0 aromatic heterocycles. The van der Waals surface area contributed by atoms with Gasteiger partial charge in [-0.3, -0.25) is 9.59 Å². The number of hydrogen-bond donors (Lipinski definition) is 1. The number of ether oxygens (including phenoxy) is 1. The van der Waals surface area contributed by atoms with Crippen molar-refractivity contribution in [2.24, 2.45) is 5.92 Å². The van der Waals surface area contributed by atoms with Crippen LogP contribution in [0.1, 0.15) is 46.5 Å². The van der Waals surface area contributed by atoms with Gasteiger partial charge in [0.1, 0.15) is 0 Å². The van der Waals surface area contributed by atoms with Crippen molar-refractivity contribution in [1.82, 2.24) is 15.1 Å². The number of piperidine rings is 1. The fourth-order valence-electron chi connectivity index (χ4n) is 2.93. The summed E-state index contributed by atoms with van der Waals surface area (Å²) in [6.07, 6.45) is 2.54. The summed E-state index contributed by atoms with van der Waals surface area (Å²) in [5.41, 5.74) is 0. The van der Waals surface area contributed by atoms with Gasteiger partial charge >= 0.3 is 12.0 Å². The molecule has 0 saturated carbocycles. The van der Waals surface area contributed by atoms with E-state index in [4.69, 9.17) is 4.74 Å². The van der Waals surface area contributed by atoms with E-state index >= 15 is 0 Å². The Labute approximate surface area is 144 Å². The van der Waals surface area contributed by atoms with Gasteiger partial charge in [0.15, 0.2) is 0 Å². The predicted octanol–water partition coefficient (Wildman–Crippen LogP) is 1.62. The second-order valence-corrected chi connectivity index (χ2v) is 5.94. The number of esters is 1. The van der Waals surface area contributed by atoms with Crippen LogP contribution in [0.25, 0.3) is 0 Å².